The van der Waals surface area contributed by atoms with E-state index in [1.54, 1.807) is 18.2 Å². The van der Waals surface area contributed by atoms with Gasteiger partial charge in [-0.05, 0) is 63.6 Å². The van der Waals surface area contributed by atoms with E-state index in [0.29, 0.717) is 23.9 Å². The lowest BCUT2D eigenvalue weighted by molar-refractivity contribution is 0.220. The minimum absolute atomic E-state index is 0.350. The van der Waals surface area contributed by atoms with Crippen LogP contribution >= 0.6 is 0 Å². The lowest BCUT2D eigenvalue weighted by Crippen LogP contribution is -2.36. The molecule has 2 N–H and O–H groups in total. The van der Waals surface area contributed by atoms with Crippen molar-refractivity contribution in [2.24, 2.45) is 5.92 Å². The molecule has 1 heterocycles. The van der Waals surface area contributed by atoms with Crippen LogP contribution in [0.4, 0.5) is 0 Å². The van der Waals surface area contributed by atoms with Crippen molar-refractivity contribution in [2.75, 3.05) is 33.7 Å². The maximum absolute atomic E-state index is 12.4. The van der Waals surface area contributed by atoms with Gasteiger partial charge in [0, 0.05) is 13.1 Å². The van der Waals surface area contributed by atoms with Crippen LogP contribution in [-0.2, 0) is 16.6 Å². The zero-order chi connectivity index (χ0) is 15.3. The Kier molecular flexibility index (Phi) is 5.75. The highest BCUT2D eigenvalue weighted by Gasteiger charge is 2.20. The minimum atomic E-state index is -3.41. The highest BCUT2D eigenvalue weighted by Crippen LogP contribution is 2.17. The first kappa shape index (κ1) is 16.4. The molecule has 1 fully saturated rings. The predicted octanol–water partition coefficient (Wildman–Crippen LogP) is 1.03. The Labute approximate surface area is 127 Å². The van der Waals surface area contributed by atoms with Crippen LogP contribution in [0.3, 0.4) is 0 Å². The number of hydrogen-bond donors (Lipinski definition) is 2. The second-order valence-electron chi connectivity index (χ2n) is 5.78. The Hall–Kier alpha value is -0.950. The van der Waals surface area contributed by atoms with Crippen LogP contribution in [0.2, 0.25) is 0 Å². The summed E-state index contributed by atoms with van der Waals surface area (Å²) in [6, 6.07) is 7.09. The summed E-state index contributed by atoms with van der Waals surface area (Å²) in [5.41, 5.74) is 0.972. The maximum Gasteiger partial charge on any atom is 0.240 e. The molecule has 0 unspecified atom stereocenters. The number of nitrogens with one attached hydrogen (secondary N) is 2. The average Bonchev–Trinajstić information content (AvgIpc) is 2.47. The molecule has 0 aliphatic carbocycles. The Balaban J connectivity index is 1.96. The van der Waals surface area contributed by atoms with Gasteiger partial charge in [0.1, 0.15) is 0 Å². The van der Waals surface area contributed by atoms with E-state index in [2.05, 4.69) is 22.0 Å². The quantitative estimate of drug-likeness (QED) is 0.824. The van der Waals surface area contributed by atoms with Crippen molar-refractivity contribution in [1.82, 2.24) is 14.9 Å². The number of sulfonamides is 1. The third-order valence-electron chi connectivity index (χ3n) is 3.99. The Bertz CT molecular complexity index is 552. The molecule has 0 aromatic heterocycles. The van der Waals surface area contributed by atoms with Crippen LogP contribution in [0.15, 0.2) is 29.2 Å². The Morgan fingerprint density at radius 1 is 1.29 bits per heavy atom. The van der Waals surface area contributed by atoms with Crippen molar-refractivity contribution in [3.8, 4) is 0 Å². The second kappa shape index (κ2) is 7.35. The van der Waals surface area contributed by atoms with Gasteiger partial charge >= 0.3 is 0 Å². The smallest absolute Gasteiger partial charge is 0.240 e. The van der Waals surface area contributed by atoms with Crippen molar-refractivity contribution in [2.45, 2.75) is 24.3 Å². The zero-order valence-corrected chi connectivity index (χ0v) is 13.6. The third-order valence-corrected chi connectivity index (χ3v) is 5.41. The molecule has 1 aromatic carbocycles. The van der Waals surface area contributed by atoms with Crippen LogP contribution in [0.25, 0.3) is 0 Å². The fourth-order valence-corrected chi connectivity index (χ4v) is 3.79. The summed E-state index contributed by atoms with van der Waals surface area (Å²) in [6.07, 6.45) is 2.11. The molecule has 0 atom stereocenters. The van der Waals surface area contributed by atoms with Crippen LogP contribution in [0, 0.1) is 5.92 Å². The maximum atomic E-state index is 12.4. The van der Waals surface area contributed by atoms with Crippen molar-refractivity contribution >= 4 is 10.0 Å². The zero-order valence-electron chi connectivity index (χ0n) is 12.8. The Morgan fingerprint density at radius 2 is 2.00 bits per heavy atom. The first-order valence-electron chi connectivity index (χ1n) is 7.43. The van der Waals surface area contributed by atoms with Crippen molar-refractivity contribution in [3.05, 3.63) is 29.8 Å². The standard InChI is InChI=1S/C15H25N3O2S/c1-16-11-14-4-3-5-15(10-14)21(19,20)17-12-13-6-8-18(2)9-7-13/h3-5,10,13,16-17H,6-9,11-12H2,1-2H3. The molecule has 1 aliphatic rings. The van der Waals surface area contributed by atoms with Gasteiger partial charge < -0.3 is 10.2 Å². The van der Waals surface area contributed by atoms with Gasteiger partial charge in [-0.15, -0.1) is 0 Å². The monoisotopic (exact) mass is 311 g/mol. The largest absolute Gasteiger partial charge is 0.316 e. The van der Waals surface area contributed by atoms with Crippen LogP contribution in [0.5, 0.6) is 0 Å². The summed E-state index contributed by atoms with van der Waals surface area (Å²) < 4.78 is 27.5. The normalized spacial score (nSPS) is 18.0. The molecule has 6 heteroatoms. The van der Waals surface area contributed by atoms with Gasteiger partial charge in [-0.25, -0.2) is 13.1 Å². The summed E-state index contributed by atoms with van der Waals surface area (Å²) in [5, 5.41) is 3.03. The average molecular weight is 311 g/mol. The number of hydrogen-bond acceptors (Lipinski definition) is 4. The molecule has 1 aromatic rings. The van der Waals surface area contributed by atoms with Crippen LogP contribution in [0.1, 0.15) is 18.4 Å². The molecule has 0 spiro atoms. The predicted molar refractivity (Wildman–Crippen MR) is 84.6 cm³/mol. The number of nitrogens with zero attached hydrogens (tertiary/aromatic N) is 1. The van der Waals surface area contributed by atoms with Gasteiger partial charge in [-0.2, -0.15) is 0 Å². The molecule has 2 rings (SSSR count). The van der Waals surface area contributed by atoms with Crippen molar-refractivity contribution in [1.29, 1.82) is 0 Å². The van der Waals surface area contributed by atoms with Crippen molar-refractivity contribution in [3.63, 3.8) is 0 Å². The van der Waals surface area contributed by atoms with Gasteiger partial charge in [0.15, 0.2) is 0 Å². The molecule has 0 bridgehead atoms. The summed E-state index contributed by atoms with van der Waals surface area (Å²) in [4.78, 5) is 2.63. The molecule has 0 saturated carbocycles. The van der Waals surface area contributed by atoms with E-state index in [4.69, 9.17) is 0 Å². The summed E-state index contributed by atoms with van der Waals surface area (Å²) in [5.74, 6) is 0.441. The SMILES string of the molecule is CNCc1cccc(S(=O)(=O)NCC2CCN(C)CC2)c1. The summed E-state index contributed by atoms with van der Waals surface area (Å²) in [6.45, 7) is 3.29. The van der Waals surface area contributed by atoms with Gasteiger partial charge in [0.25, 0.3) is 0 Å². The molecule has 0 amide bonds. The lowest BCUT2D eigenvalue weighted by atomic mass is 9.98. The third kappa shape index (κ3) is 4.78. The van der Waals surface area contributed by atoms with E-state index in [-0.39, 0.29) is 0 Å². The van der Waals surface area contributed by atoms with E-state index < -0.39 is 10.0 Å². The van der Waals surface area contributed by atoms with Crippen LogP contribution in [-0.4, -0.2) is 47.0 Å². The van der Waals surface area contributed by atoms with E-state index in [9.17, 15) is 8.42 Å². The molecular weight excluding hydrogens is 286 g/mol. The van der Waals surface area contributed by atoms with E-state index in [1.165, 1.54) is 0 Å². The first-order chi connectivity index (χ1) is 10.0. The highest BCUT2D eigenvalue weighted by atomic mass is 32.2. The number of rotatable bonds is 6. The minimum Gasteiger partial charge on any atom is -0.316 e. The first-order valence-corrected chi connectivity index (χ1v) is 8.91. The highest BCUT2D eigenvalue weighted by molar-refractivity contribution is 7.89. The van der Waals surface area contributed by atoms with Gasteiger partial charge in [-0.1, -0.05) is 12.1 Å². The lowest BCUT2D eigenvalue weighted by Gasteiger charge is -2.28. The molecule has 1 saturated heterocycles. The molecule has 118 valence electrons. The summed E-state index contributed by atoms with van der Waals surface area (Å²) in [7, 11) is 0.546. The fraction of sp³-hybridized carbons (Fsp3) is 0.600. The van der Waals surface area contributed by atoms with Crippen LogP contribution < -0.4 is 10.0 Å². The number of likely N-dealkylation sites (tertiary alicyclic amines) is 1. The van der Waals surface area contributed by atoms with E-state index in [0.717, 1.165) is 31.5 Å². The molecular formula is C15H25N3O2S. The number of piperidine rings is 1. The fourth-order valence-electron chi connectivity index (χ4n) is 2.60. The number of benzene rings is 1. The summed E-state index contributed by atoms with van der Waals surface area (Å²) >= 11 is 0. The molecule has 0 radical (unpaired) electrons. The van der Waals surface area contributed by atoms with Crippen molar-refractivity contribution < 1.29 is 8.42 Å². The topological polar surface area (TPSA) is 61.4 Å². The van der Waals surface area contributed by atoms with E-state index >= 15 is 0 Å². The molecule has 1 aliphatic heterocycles. The van der Waals surface area contributed by atoms with E-state index in [1.807, 2.05) is 13.1 Å². The molecule has 21 heavy (non-hydrogen) atoms. The molecule has 5 nitrogen and oxygen atoms in total. The Morgan fingerprint density at radius 3 is 2.67 bits per heavy atom. The second-order valence-corrected chi connectivity index (χ2v) is 7.54. The van der Waals surface area contributed by atoms with Gasteiger partial charge in [0.05, 0.1) is 4.90 Å². The van der Waals surface area contributed by atoms with Gasteiger partial charge in [0.2, 0.25) is 10.0 Å². The van der Waals surface area contributed by atoms with Gasteiger partial charge in [-0.3, -0.25) is 0 Å².